The minimum absolute atomic E-state index is 0.0878. The van der Waals surface area contributed by atoms with E-state index in [1.807, 2.05) is 0 Å². The van der Waals surface area contributed by atoms with Crippen LogP contribution in [0.4, 0.5) is 17.6 Å². The van der Waals surface area contributed by atoms with E-state index in [2.05, 4.69) is 38.2 Å². The van der Waals surface area contributed by atoms with Crippen LogP contribution in [0.1, 0.15) is 16.7 Å². The molecule has 0 fully saturated rings. The van der Waals surface area contributed by atoms with Gasteiger partial charge in [0.25, 0.3) is 0 Å². The molecule has 0 aliphatic rings. The van der Waals surface area contributed by atoms with Gasteiger partial charge in [0.05, 0.1) is 0 Å². The van der Waals surface area contributed by atoms with Crippen LogP contribution >= 0.6 is 0 Å². The Morgan fingerprint density at radius 1 is 0.622 bits per heavy atom. The Morgan fingerprint density at radius 2 is 1.04 bits per heavy atom. The van der Waals surface area contributed by atoms with Gasteiger partial charge in [-0.1, -0.05) is 50.3 Å². The lowest BCUT2D eigenvalue weighted by Gasteiger charge is -2.22. The van der Waals surface area contributed by atoms with Crippen molar-refractivity contribution < 1.29 is 55.7 Å². The maximum atomic E-state index is 16.2. The van der Waals surface area contributed by atoms with E-state index >= 15 is 4.39 Å². The average Bonchev–Trinajstić information content (AvgIpc) is 3.02. The van der Waals surface area contributed by atoms with Gasteiger partial charge >= 0.3 is 30.1 Å². The number of ether oxygens (including phenoxy) is 4. The molecule has 45 heavy (non-hydrogen) atoms. The summed E-state index contributed by atoms with van der Waals surface area (Å²) in [5.41, 5.74) is -4.13. The summed E-state index contributed by atoms with van der Waals surface area (Å²) in [6.45, 7) is 12.8. The second-order valence-electron chi connectivity index (χ2n) is 8.39. The smallest absolute Gasteiger partial charge is 0.420 e. The topological polar surface area (TPSA) is 105 Å². The van der Waals surface area contributed by atoms with Crippen molar-refractivity contribution in [2.24, 2.45) is 0 Å². The zero-order chi connectivity index (χ0) is 33.3. The number of carbonyl (C=O) groups is 4. The molecule has 3 aromatic rings. The highest BCUT2D eigenvalue weighted by molar-refractivity contribution is 5.90. The fraction of sp³-hybridized carbons (Fsp3) is 0.0303. The first-order chi connectivity index (χ1) is 21.3. The number of carbonyl (C=O) groups excluding carboxylic acids is 4. The van der Waals surface area contributed by atoms with Crippen molar-refractivity contribution in [2.45, 2.75) is 6.18 Å². The molecular weight excluding hydrogens is 600 g/mol. The van der Waals surface area contributed by atoms with Gasteiger partial charge in [0.2, 0.25) is 0 Å². The standard InChI is InChI=1S/C33H20F4O8/c1-5-24(38)42-21-14-9-19(10-15-21)11-18-23-30(34)32(45-27(41)8-4)28(20-12-16-22(17-13-20)43-25(39)6-2)29(33(35,36)37)31(23)44-26(40)7-3/h5-10,12-17H,1-4H2. The summed E-state index contributed by atoms with van der Waals surface area (Å²) >= 11 is 0. The normalized spacial score (nSPS) is 10.3. The third-order valence-corrected chi connectivity index (χ3v) is 5.47. The Labute approximate surface area is 253 Å². The molecule has 0 N–H and O–H groups in total. The highest BCUT2D eigenvalue weighted by atomic mass is 19.4. The quantitative estimate of drug-likeness (QED) is 0.0906. The summed E-state index contributed by atoms with van der Waals surface area (Å²) in [5.74, 6) is -3.83. The molecule has 3 rings (SSSR count). The summed E-state index contributed by atoms with van der Waals surface area (Å²) < 4.78 is 80.4. The molecule has 0 aliphatic heterocycles. The molecule has 0 atom stereocenters. The summed E-state index contributed by atoms with van der Waals surface area (Å²) in [7, 11) is 0. The molecule has 0 saturated carbocycles. The average molecular weight is 621 g/mol. The van der Waals surface area contributed by atoms with E-state index in [0.29, 0.717) is 12.2 Å². The summed E-state index contributed by atoms with van der Waals surface area (Å²) in [5, 5.41) is 0. The highest BCUT2D eigenvalue weighted by Gasteiger charge is 2.43. The van der Waals surface area contributed by atoms with Gasteiger partial charge in [-0.25, -0.2) is 23.6 Å². The number of rotatable bonds is 9. The molecule has 0 radical (unpaired) electrons. The van der Waals surface area contributed by atoms with Gasteiger partial charge in [0.1, 0.15) is 22.6 Å². The predicted octanol–water partition coefficient (Wildman–Crippen LogP) is 6.28. The third-order valence-electron chi connectivity index (χ3n) is 5.47. The van der Waals surface area contributed by atoms with Gasteiger partial charge in [-0.15, -0.1) is 0 Å². The molecule has 0 aromatic heterocycles. The van der Waals surface area contributed by atoms with Crippen LogP contribution in [0.15, 0.2) is 99.2 Å². The van der Waals surface area contributed by atoms with Crippen molar-refractivity contribution in [1.29, 1.82) is 0 Å². The van der Waals surface area contributed by atoms with E-state index in [1.54, 1.807) is 0 Å². The first kappa shape index (κ1) is 33.3. The highest BCUT2D eigenvalue weighted by Crippen LogP contribution is 2.51. The van der Waals surface area contributed by atoms with E-state index in [-0.39, 0.29) is 22.6 Å². The zero-order valence-electron chi connectivity index (χ0n) is 23.0. The Bertz CT molecular complexity index is 1770. The van der Waals surface area contributed by atoms with Crippen LogP contribution in [0.3, 0.4) is 0 Å². The van der Waals surface area contributed by atoms with Gasteiger partial charge in [0.15, 0.2) is 17.3 Å². The number of benzene rings is 3. The van der Waals surface area contributed by atoms with Gasteiger partial charge in [-0.05, 0) is 42.0 Å². The molecule has 0 saturated heterocycles. The predicted molar refractivity (Wildman–Crippen MR) is 153 cm³/mol. The summed E-state index contributed by atoms with van der Waals surface area (Å²) in [4.78, 5) is 47.3. The second-order valence-corrected chi connectivity index (χ2v) is 8.39. The maximum Gasteiger partial charge on any atom is 0.420 e. The molecule has 228 valence electrons. The number of alkyl halides is 3. The molecule has 0 spiro atoms. The molecule has 0 heterocycles. The molecule has 3 aromatic carbocycles. The van der Waals surface area contributed by atoms with E-state index in [1.165, 1.54) is 24.3 Å². The van der Waals surface area contributed by atoms with E-state index in [4.69, 9.17) is 18.9 Å². The monoisotopic (exact) mass is 620 g/mol. The lowest BCUT2D eigenvalue weighted by molar-refractivity contribution is -0.141. The number of esters is 4. The molecule has 0 amide bonds. The molecule has 0 unspecified atom stereocenters. The largest absolute Gasteiger partial charge is 0.423 e. The van der Waals surface area contributed by atoms with Gasteiger partial charge in [-0.2, -0.15) is 13.2 Å². The minimum Gasteiger partial charge on any atom is -0.423 e. The molecular formula is C33H20F4O8. The Morgan fingerprint density at radius 3 is 1.49 bits per heavy atom. The fourth-order valence-corrected chi connectivity index (χ4v) is 3.56. The van der Waals surface area contributed by atoms with Crippen LogP contribution in [-0.2, 0) is 25.4 Å². The van der Waals surface area contributed by atoms with Crippen molar-refractivity contribution in [2.75, 3.05) is 0 Å². The van der Waals surface area contributed by atoms with Crippen molar-refractivity contribution in [3.05, 3.63) is 122 Å². The second kappa shape index (κ2) is 14.3. The maximum absolute atomic E-state index is 16.2. The van der Waals surface area contributed by atoms with E-state index in [0.717, 1.165) is 36.4 Å². The number of hydrogen-bond donors (Lipinski definition) is 0. The van der Waals surface area contributed by atoms with Crippen molar-refractivity contribution in [3.8, 4) is 46.0 Å². The molecule has 0 bridgehead atoms. The minimum atomic E-state index is -5.36. The summed E-state index contributed by atoms with van der Waals surface area (Å²) in [6, 6.07) is 9.45. The SMILES string of the molecule is C=CC(=O)Oc1ccc(C#Cc2c(F)c(OC(=O)C=C)c(-c3ccc(OC(=O)C=C)cc3)c(C(F)(F)F)c2OC(=O)C=C)cc1. The first-order valence-electron chi connectivity index (χ1n) is 12.4. The van der Waals surface area contributed by atoms with Crippen molar-refractivity contribution in [1.82, 2.24) is 0 Å². The van der Waals surface area contributed by atoms with Crippen molar-refractivity contribution in [3.63, 3.8) is 0 Å². The van der Waals surface area contributed by atoms with Gasteiger partial charge in [-0.3, -0.25) is 0 Å². The third kappa shape index (κ3) is 8.20. The van der Waals surface area contributed by atoms with Crippen LogP contribution < -0.4 is 18.9 Å². The molecule has 12 heteroatoms. The lowest BCUT2D eigenvalue weighted by Crippen LogP contribution is -2.18. The van der Waals surface area contributed by atoms with Crippen LogP contribution in [0.25, 0.3) is 11.1 Å². The van der Waals surface area contributed by atoms with Crippen LogP contribution in [0.5, 0.6) is 23.0 Å². The number of halogens is 4. The number of hydrogen-bond acceptors (Lipinski definition) is 8. The van der Waals surface area contributed by atoms with Gasteiger partial charge in [0, 0.05) is 35.4 Å². The lowest BCUT2D eigenvalue weighted by atomic mass is 9.93. The van der Waals surface area contributed by atoms with E-state index in [9.17, 15) is 32.3 Å². The molecule has 8 nitrogen and oxygen atoms in total. The van der Waals surface area contributed by atoms with Crippen LogP contribution in [-0.4, -0.2) is 23.9 Å². The Balaban J connectivity index is 2.37. The zero-order valence-corrected chi connectivity index (χ0v) is 23.0. The Hall–Kier alpha value is -6.22. The first-order valence-corrected chi connectivity index (χ1v) is 12.4. The summed E-state index contributed by atoms with van der Waals surface area (Å²) in [6.07, 6.45) is -2.45. The van der Waals surface area contributed by atoms with E-state index < -0.39 is 64.1 Å². The van der Waals surface area contributed by atoms with Crippen LogP contribution in [0, 0.1) is 17.7 Å². The Kier molecular flexibility index (Phi) is 10.6. The fourth-order valence-electron chi connectivity index (χ4n) is 3.56. The van der Waals surface area contributed by atoms with Gasteiger partial charge < -0.3 is 18.9 Å². The molecule has 0 aliphatic carbocycles. The van der Waals surface area contributed by atoms with Crippen molar-refractivity contribution >= 4 is 23.9 Å². The van der Waals surface area contributed by atoms with Crippen LogP contribution in [0.2, 0.25) is 0 Å².